The minimum atomic E-state index is -0.489. The average Bonchev–Trinajstić information content (AvgIpc) is 2.97. The highest BCUT2D eigenvalue weighted by molar-refractivity contribution is 5.75. The van der Waals surface area contributed by atoms with Crippen molar-refractivity contribution in [3.8, 4) is 0 Å². The van der Waals surface area contributed by atoms with E-state index in [1.165, 1.54) is 43.2 Å². The first-order valence-corrected chi connectivity index (χ1v) is 15.1. The summed E-state index contributed by atoms with van der Waals surface area (Å²) >= 11 is 0. The largest absolute Gasteiger partial charge is 0.492 e. The zero-order valence-corrected chi connectivity index (χ0v) is 25.7. The molecule has 3 aromatic rings. The van der Waals surface area contributed by atoms with E-state index in [4.69, 9.17) is 9.47 Å². The van der Waals surface area contributed by atoms with Gasteiger partial charge in [-0.25, -0.2) is 0 Å². The highest BCUT2D eigenvalue weighted by atomic mass is 16.6. The molecule has 0 spiro atoms. The third-order valence-electron chi connectivity index (χ3n) is 7.32. The predicted octanol–water partition coefficient (Wildman–Crippen LogP) is 8.75. The lowest BCUT2D eigenvalue weighted by molar-refractivity contribution is -0.157. The molecular weight excluding hydrogens is 506 g/mol. The van der Waals surface area contributed by atoms with Crippen molar-refractivity contribution in [3.05, 3.63) is 120 Å². The van der Waals surface area contributed by atoms with Crippen LogP contribution in [-0.2, 0) is 27.3 Å². The van der Waals surface area contributed by atoms with Crippen molar-refractivity contribution in [2.24, 2.45) is 0 Å². The van der Waals surface area contributed by atoms with Crippen LogP contribution in [0.1, 0.15) is 94.9 Å². The van der Waals surface area contributed by atoms with Crippen LogP contribution in [-0.4, -0.2) is 23.7 Å². The van der Waals surface area contributed by atoms with E-state index in [2.05, 4.69) is 66.5 Å². The fourth-order valence-corrected chi connectivity index (χ4v) is 4.98. The van der Waals surface area contributed by atoms with E-state index >= 15 is 0 Å². The summed E-state index contributed by atoms with van der Waals surface area (Å²) in [6.07, 6.45) is 8.08. The van der Waals surface area contributed by atoms with Crippen molar-refractivity contribution >= 4 is 5.97 Å². The molecule has 1 N–H and O–H groups in total. The molecule has 0 aliphatic heterocycles. The fraction of sp³-hybridized carbons (Fsp3) is 0.432. The third-order valence-corrected chi connectivity index (χ3v) is 7.32. The summed E-state index contributed by atoms with van der Waals surface area (Å²) in [4.78, 5) is 11.9. The average molecular weight is 556 g/mol. The number of carbonyl (C=O) groups excluding carboxylic acids is 1. The SMILES string of the molecule is C=C(OCc1ccccc1)C(C)NC(C)C(=O)OC(C)(C)C.c1ccc(Cc2ccc(C3CCCCC3)cc2)cc1. The van der Waals surface area contributed by atoms with Gasteiger partial charge >= 0.3 is 5.97 Å². The topological polar surface area (TPSA) is 47.6 Å². The lowest BCUT2D eigenvalue weighted by Crippen LogP contribution is -2.44. The molecule has 2 atom stereocenters. The number of benzene rings is 3. The monoisotopic (exact) mass is 555 g/mol. The Morgan fingerprint density at radius 2 is 1.34 bits per heavy atom. The molecule has 1 aliphatic carbocycles. The van der Waals surface area contributed by atoms with Crippen LogP contribution in [0.4, 0.5) is 0 Å². The van der Waals surface area contributed by atoms with Gasteiger partial charge in [0.25, 0.3) is 0 Å². The molecule has 4 nitrogen and oxygen atoms in total. The quantitative estimate of drug-likeness (QED) is 0.201. The number of hydrogen-bond donors (Lipinski definition) is 1. The van der Waals surface area contributed by atoms with E-state index < -0.39 is 11.6 Å². The van der Waals surface area contributed by atoms with Crippen LogP contribution < -0.4 is 5.32 Å². The second-order valence-corrected chi connectivity index (χ2v) is 12.1. The van der Waals surface area contributed by atoms with E-state index in [1.807, 2.05) is 58.0 Å². The van der Waals surface area contributed by atoms with E-state index in [0.29, 0.717) is 12.4 Å². The van der Waals surface area contributed by atoms with Gasteiger partial charge in [-0.2, -0.15) is 0 Å². The summed E-state index contributed by atoms with van der Waals surface area (Å²) in [5, 5.41) is 3.14. The molecule has 1 fully saturated rings. The Morgan fingerprint density at radius 3 is 1.90 bits per heavy atom. The van der Waals surface area contributed by atoms with Gasteiger partial charge in [0.2, 0.25) is 0 Å². The van der Waals surface area contributed by atoms with E-state index in [-0.39, 0.29) is 12.0 Å². The molecule has 2 unspecified atom stereocenters. The summed E-state index contributed by atoms with van der Waals surface area (Å²) < 4.78 is 11.0. The van der Waals surface area contributed by atoms with Gasteiger partial charge in [0.05, 0.1) is 6.04 Å². The molecular formula is C37H49NO3. The molecule has 0 bridgehead atoms. The Labute approximate surface area is 248 Å². The lowest BCUT2D eigenvalue weighted by Gasteiger charge is -2.25. The van der Waals surface area contributed by atoms with Crippen molar-refractivity contribution < 1.29 is 14.3 Å². The summed E-state index contributed by atoms with van der Waals surface area (Å²) in [7, 11) is 0. The first kappa shape index (κ1) is 32.1. The fourth-order valence-electron chi connectivity index (χ4n) is 4.98. The van der Waals surface area contributed by atoms with Crippen molar-refractivity contribution in [3.63, 3.8) is 0 Å². The second kappa shape index (κ2) is 16.2. The molecule has 41 heavy (non-hydrogen) atoms. The van der Waals surface area contributed by atoms with Gasteiger partial charge in [0, 0.05) is 0 Å². The maximum absolute atomic E-state index is 11.9. The Bertz CT molecular complexity index is 1180. The second-order valence-electron chi connectivity index (χ2n) is 12.1. The van der Waals surface area contributed by atoms with Gasteiger partial charge in [0.15, 0.2) is 0 Å². The van der Waals surface area contributed by atoms with Gasteiger partial charge in [0.1, 0.15) is 24.0 Å². The number of ether oxygens (including phenoxy) is 2. The maximum atomic E-state index is 11.9. The number of rotatable bonds is 10. The molecule has 0 saturated heterocycles. The van der Waals surface area contributed by atoms with Gasteiger partial charge in [-0.3, -0.25) is 10.1 Å². The van der Waals surface area contributed by atoms with Crippen LogP contribution in [0.2, 0.25) is 0 Å². The summed E-state index contributed by atoms with van der Waals surface area (Å²) in [6.45, 7) is 13.6. The molecule has 1 saturated carbocycles. The van der Waals surface area contributed by atoms with E-state index in [1.54, 1.807) is 12.5 Å². The molecule has 0 aromatic heterocycles. The van der Waals surface area contributed by atoms with Crippen LogP contribution in [0.25, 0.3) is 0 Å². The molecule has 0 radical (unpaired) electrons. The highest BCUT2D eigenvalue weighted by Gasteiger charge is 2.23. The molecule has 0 heterocycles. The number of carbonyl (C=O) groups is 1. The van der Waals surface area contributed by atoms with Gasteiger partial charge in [-0.05, 0) is 82.1 Å². The van der Waals surface area contributed by atoms with Crippen LogP contribution in [0.15, 0.2) is 97.3 Å². The molecule has 4 rings (SSSR count). The number of hydrogen-bond acceptors (Lipinski definition) is 4. The van der Waals surface area contributed by atoms with Gasteiger partial charge in [-0.15, -0.1) is 0 Å². The normalized spacial score (nSPS) is 15.1. The van der Waals surface area contributed by atoms with Crippen molar-refractivity contribution in [1.29, 1.82) is 0 Å². The molecule has 220 valence electrons. The molecule has 1 aliphatic rings. The first-order valence-electron chi connectivity index (χ1n) is 15.1. The van der Waals surface area contributed by atoms with E-state index in [0.717, 1.165) is 17.9 Å². The number of esters is 1. The van der Waals surface area contributed by atoms with Crippen molar-refractivity contribution in [2.75, 3.05) is 0 Å². The Hall–Kier alpha value is -3.37. The van der Waals surface area contributed by atoms with E-state index in [9.17, 15) is 4.79 Å². The summed E-state index contributed by atoms with van der Waals surface area (Å²) in [5.41, 5.74) is 4.96. The zero-order chi connectivity index (χ0) is 29.7. The third kappa shape index (κ3) is 11.9. The smallest absolute Gasteiger partial charge is 0.323 e. The van der Waals surface area contributed by atoms with Crippen LogP contribution >= 0.6 is 0 Å². The lowest BCUT2D eigenvalue weighted by atomic mass is 9.84. The highest BCUT2D eigenvalue weighted by Crippen LogP contribution is 2.32. The summed E-state index contributed by atoms with van der Waals surface area (Å²) in [5.74, 6) is 1.13. The minimum absolute atomic E-state index is 0.147. The maximum Gasteiger partial charge on any atom is 0.323 e. The van der Waals surface area contributed by atoms with Crippen molar-refractivity contribution in [1.82, 2.24) is 5.32 Å². The van der Waals surface area contributed by atoms with Gasteiger partial charge < -0.3 is 9.47 Å². The zero-order valence-electron chi connectivity index (χ0n) is 25.7. The van der Waals surface area contributed by atoms with Crippen LogP contribution in [0, 0.1) is 0 Å². The van der Waals surface area contributed by atoms with Crippen LogP contribution in [0.3, 0.4) is 0 Å². The first-order chi connectivity index (χ1) is 19.6. The minimum Gasteiger partial charge on any atom is -0.492 e. The Kier molecular flexibility index (Phi) is 12.7. The molecule has 4 heteroatoms. The predicted molar refractivity (Wildman–Crippen MR) is 170 cm³/mol. The molecule has 3 aromatic carbocycles. The molecule has 0 amide bonds. The Morgan fingerprint density at radius 1 is 0.805 bits per heavy atom. The standard InChI is InChI=1S/C19H22.C18H27NO3/c1-3-7-16(8-4-1)15-17-11-13-19(14-12-17)18-9-5-2-6-10-18;1-13(19-14(2)17(20)22-18(4,5)6)15(3)21-12-16-10-8-7-9-11-16/h1,3-4,7-8,11-14,18H,2,5-6,9-10,15H2;7-11,13-14,19H,3,12H2,1-2,4-6H3. The number of nitrogens with one attached hydrogen (secondary N) is 1. The van der Waals surface area contributed by atoms with Crippen LogP contribution in [0.5, 0.6) is 0 Å². The van der Waals surface area contributed by atoms with Crippen molar-refractivity contribution in [2.45, 2.75) is 103 Å². The van der Waals surface area contributed by atoms with Gasteiger partial charge in [-0.1, -0.05) is 111 Å². The summed E-state index contributed by atoms with van der Waals surface area (Å²) in [6, 6.07) is 29.4. The Balaban J connectivity index is 0.000000227.